The Morgan fingerprint density at radius 3 is 2.35 bits per heavy atom. The predicted octanol–water partition coefficient (Wildman–Crippen LogP) is 2.26. The molecule has 0 unspecified atom stereocenters. The topological polar surface area (TPSA) is 88.1 Å². The summed E-state index contributed by atoms with van der Waals surface area (Å²) in [6, 6.07) is 6.98. The Kier molecular flexibility index (Phi) is 4.76. The Balaban J connectivity index is 1.44. The molecule has 2 heterocycles. The van der Waals surface area contributed by atoms with Crippen molar-refractivity contribution in [1.82, 2.24) is 4.90 Å². The van der Waals surface area contributed by atoms with Crippen LogP contribution in [0.15, 0.2) is 34.5 Å². The highest BCUT2D eigenvalue weighted by Crippen LogP contribution is 2.23. The first-order valence-electron chi connectivity index (χ1n) is 7.63. The lowest BCUT2D eigenvalue weighted by Crippen LogP contribution is -2.30. The zero-order valence-electron chi connectivity index (χ0n) is 12.7. The summed E-state index contributed by atoms with van der Waals surface area (Å²) in [6.45, 7) is 0.471. The van der Waals surface area contributed by atoms with Gasteiger partial charge in [0.1, 0.15) is 0 Å². The molecule has 1 aromatic carbocycles. The molecular weight excluding hydrogens is 312 g/mol. The number of nitrogens with zero attached hydrogens (tertiary/aromatic N) is 3. The molecule has 0 fully saturated rings. The molecular formula is C16H18N4O2S. The van der Waals surface area contributed by atoms with Gasteiger partial charge in [-0.1, -0.05) is 30.3 Å². The van der Waals surface area contributed by atoms with E-state index < -0.39 is 0 Å². The Bertz CT molecular complexity index is 664. The molecule has 6 nitrogen and oxygen atoms in total. The largest absolute Gasteiger partial charge is 0.377 e. The van der Waals surface area contributed by atoms with Crippen LogP contribution in [-0.2, 0) is 0 Å². The van der Waals surface area contributed by atoms with Crippen LogP contribution in [0, 0.1) is 0 Å². The first-order chi connectivity index (χ1) is 11.2. The highest BCUT2D eigenvalue weighted by atomic mass is 32.2. The van der Waals surface area contributed by atoms with Crippen LogP contribution in [0.3, 0.4) is 0 Å². The van der Waals surface area contributed by atoms with Crippen LogP contribution in [0.4, 0.5) is 0 Å². The lowest BCUT2D eigenvalue weighted by atomic mass is 10.1. The van der Waals surface area contributed by atoms with Gasteiger partial charge in [-0.05, 0) is 31.4 Å². The van der Waals surface area contributed by atoms with Crippen molar-refractivity contribution < 1.29 is 9.59 Å². The van der Waals surface area contributed by atoms with Gasteiger partial charge in [-0.2, -0.15) is 5.10 Å². The number of amidine groups is 1. The molecule has 1 aromatic rings. The quantitative estimate of drug-likeness (QED) is 0.640. The number of carbonyl (C=O) groups is 2. The maximum atomic E-state index is 12.2. The average Bonchev–Trinajstić information content (AvgIpc) is 2.81. The molecule has 0 spiro atoms. The number of carbonyl (C=O) groups excluding carboxylic acids is 2. The number of fused-ring (bicyclic) bond motifs is 1. The second-order valence-electron chi connectivity index (χ2n) is 5.51. The van der Waals surface area contributed by atoms with E-state index in [-0.39, 0.29) is 11.8 Å². The number of benzene rings is 1. The van der Waals surface area contributed by atoms with Crippen molar-refractivity contribution in [2.45, 2.75) is 25.7 Å². The highest BCUT2D eigenvalue weighted by Gasteiger charge is 2.34. The SMILES string of the molecule is NC1=NN=C(CCCCCN2C(=O)c3ccccc3C2=O)CS1. The van der Waals surface area contributed by atoms with Crippen molar-refractivity contribution >= 4 is 34.5 Å². The normalized spacial score (nSPS) is 17.1. The summed E-state index contributed by atoms with van der Waals surface area (Å²) in [6.07, 6.45) is 3.59. The number of amides is 2. The number of rotatable bonds is 6. The van der Waals surface area contributed by atoms with E-state index in [1.807, 2.05) is 0 Å². The van der Waals surface area contributed by atoms with Crippen molar-refractivity contribution in [2.24, 2.45) is 15.9 Å². The summed E-state index contributed by atoms with van der Waals surface area (Å²) in [4.78, 5) is 25.8. The first-order valence-corrected chi connectivity index (χ1v) is 8.62. The summed E-state index contributed by atoms with van der Waals surface area (Å²) in [5.74, 6) is 0.445. The maximum absolute atomic E-state index is 12.2. The Hall–Kier alpha value is -2.15. The number of thioether (sulfide) groups is 1. The summed E-state index contributed by atoms with van der Waals surface area (Å²) in [7, 11) is 0. The standard InChI is InChI=1S/C16H18N4O2S/c17-16-19-18-11(10-23-16)6-2-1-5-9-20-14(21)12-7-3-4-8-13(12)15(20)22/h3-4,7-8H,1-2,5-6,9-10H2,(H2,17,19). The minimum absolute atomic E-state index is 0.177. The molecule has 2 aliphatic heterocycles. The Labute approximate surface area is 138 Å². The van der Waals surface area contributed by atoms with Gasteiger partial charge in [0, 0.05) is 12.3 Å². The van der Waals surface area contributed by atoms with Gasteiger partial charge in [-0.3, -0.25) is 14.5 Å². The van der Waals surface area contributed by atoms with E-state index in [9.17, 15) is 9.59 Å². The van der Waals surface area contributed by atoms with Crippen LogP contribution in [0.2, 0.25) is 0 Å². The number of nitrogens with two attached hydrogens (primary N) is 1. The molecule has 23 heavy (non-hydrogen) atoms. The Morgan fingerprint density at radius 2 is 1.74 bits per heavy atom. The molecule has 0 atom stereocenters. The second-order valence-corrected chi connectivity index (χ2v) is 6.51. The fraction of sp³-hybridized carbons (Fsp3) is 0.375. The zero-order valence-corrected chi connectivity index (χ0v) is 13.5. The van der Waals surface area contributed by atoms with Crippen LogP contribution >= 0.6 is 11.8 Å². The third-order valence-corrected chi connectivity index (χ3v) is 4.76. The molecule has 2 aliphatic rings. The van der Waals surface area contributed by atoms with Gasteiger partial charge in [-0.25, -0.2) is 0 Å². The minimum atomic E-state index is -0.177. The average molecular weight is 330 g/mol. The van der Waals surface area contributed by atoms with Crippen molar-refractivity contribution in [1.29, 1.82) is 0 Å². The molecule has 0 aromatic heterocycles. The minimum Gasteiger partial charge on any atom is -0.377 e. The van der Waals surface area contributed by atoms with E-state index >= 15 is 0 Å². The molecule has 0 bridgehead atoms. The monoisotopic (exact) mass is 330 g/mol. The van der Waals surface area contributed by atoms with Gasteiger partial charge in [0.15, 0.2) is 5.17 Å². The molecule has 0 saturated carbocycles. The lowest BCUT2D eigenvalue weighted by Gasteiger charge is -2.13. The summed E-state index contributed by atoms with van der Waals surface area (Å²) < 4.78 is 0. The van der Waals surface area contributed by atoms with Crippen molar-refractivity contribution in [2.75, 3.05) is 12.3 Å². The van der Waals surface area contributed by atoms with Crippen LogP contribution in [-0.4, -0.2) is 39.9 Å². The van der Waals surface area contributed by atoms with E-state index in [2.05, 4.69) is 10.2 Å². The number of hydrogen-bond acceptors (Lipinski definition) is 6. The van der Waals surface area contributed by atoms with Gasteiger partial charge in [0.25, 0.3) is 11.8 Å². The molecule has 0 saturated heterocycles. The smallest absolute Gasteiger partial charge is 0.261 e. The summed E-state index contributed by atoms with van der Waals surface area (Å²) >= 11 is 1.50. The summed E-state index contributed by atoms with van der Waals surface area (Å²) in [5, 5.41) is 8.45. The first kappa shape index (κ1) is 15.7. The Morgan fingerprint density at radius 1 is 1.04 bits per heavy atom. The molecule has 0 radical (unpaired) electrons. The number of hydrogen-bond donors (Lipinski definition) is 1. The van der Waals surface area contributed by atoms with Crippen molar-refractivity contribution in [3.63, 3.8) is 0 Å². The molecule has 2 amide bonds. The van der Waals surface area contributed by atoms with E-state index in [0.717, 1.165) is 37.1 Å². The third-order valence-electron chi connectivity index (χ3n) is 3.90. The fourth-order valence-electron chi connectivity index (χ4n) is 2.68. The van der Waals surface area contributed by atoms with Gasteiger partial charge >= 0.3 is 0 Å². The van der Waals surface area contributed by atoms with Crippen molar-refractivity contribution in [3.8, 4) is 0 Å². The van der Waals surface area contributed by atoms with Gasteiger partial charge in [0.2, 0.25) is 0 Å². The maximum Gasteiger partial charge on any atom is 0.261 e. The molecule has 120 valence electrons. The molecule has 3 rings (SSSR count). The molecule has 7 heteroatoms. The van der Waals surface area contributed by atoms with E-state index in [1.165, 1.54) is 16.7 Å². The van der Waals surface area contributed by atoms with Gasteiger partial charge in [-0.15, -0.1) is 5.10 Å². The molecule has 0 aliphatic carbocycles. The van der Waals surface area contributed by atoms with E-state index in [1.54, 1.807) is 24.3 Å². The number of unbranched alkanes of at least 4 members (excludes halogenated alkanes) is 2. The predicted molar refractivity (Wildman–Crippen MR) is 91.8 cm³/mol. The second kappa shape index (κ2) is 6.95. The number of imide groups is 1. The van der Waals surface area contributed by atoms with Crippen molar-refractivity contribution in [3.05, 3.63) is 35.4 Å². The molecule has 2 N–H and O–H groups in total. The van der Waals surface area contributed by atoms with Gasteiger partial charge in [0.05, 0.1) is 16.8 Å². The van der Waals surface area contributed by atoms with Crippen LogP contribution in [0.1, 0.15) is 46.4 Å². The highest BCUT2D eigenvalue weighted by molar-refractivity contribution is 8.14. The van der Waals surface area contributed by atoms with Crippen LogP contribution < -0.4 is 5.73 Å². The van der Waals surface area contributed by atoms with E-state index in [0.29, 0.717) is 22.8 Å². The van der Waals surface area contributed by atoms with Crippen LogP contribution in [0.5, 0.6) is 0 Å². The van der Waals surface area contributed by atoms with E-state index in [4.69, 9.17) is 5.73 Å². The van der Waals surface area contributed by atoms with Crippen LogP contribution in [0.25, 0.3) is 0 Å². The zero-order chi connectivity index (χ0) is 16.2. The fourth-order valence-corrected chi connectivity index (χ4v) is 3.29. The lowest BCUT2D eigenvalue weighted by molar-refractivity contribution is 0.0651. The third kappa shape index (κ3) is 3.44. The summed E-state index contributed by atoms with van der Waals surface area (Å²) in [5.41, 5.74) is 7.62. The van der Waals surface area contributed by atoms with Gasteiger partial charge < -0.3 is 5.73 Å².